The van der Waals surface area contributed by atoms with Crippen LogP contribution in [0.1, 0.15) is 56.7 Å². The second-order valence-electron chi connectivity index (χ2n) is 9.61. The van der Waals surface area contributed by atoms with Gasteiger partial charge in [-0.15, -0.1) is 0 Å². The summed E-state index contributed by atoms with van der Waals surface area (Å²) in [4.78, 5) is 41.7. The third kappa shape index (κ3) is 4.62. The lowest BCUT2D eigenvalue weighted by Crippen LogP contribution is -2.48. The molecule has 6 nitrogen and oxygen atoms in total. The van der Waals surface area contributed by atoms with Crippen molar-refractivity contribution in [2.24, 2.45) is 0 Å². The Morgan fingerprint density at radius 1 is 1.21 bits per heavy atom. The van der Waals surface area contributed by atoms with Crippen molar-refractivity contribution in [1.29, 1.82) is 0 Å². The Hall–Kier alpha value is -3.06. The van der Waals surface area contributed by atoms with Crippen LogP contribution in [-0.2, 0) is 9.59 Å². The third-order valence-electron chi connectivity index (χ3n) is 6.62. The largest absolute Gasteiger partial charge is 0.366 e. The van der Waals surface area contributed by atoms with Crippen LogP contribution in [0, 0.1) is 6.92 Å². The number of amides is 3. The van der Waals surface area contributed by atoms with Gasteiger partial charge in [0, 0.05) is 23.5 Å². The van der Waals surface area contributed by atoms with Gasteiger partial charge in [-0.1, -0.05) is 31.2 Å². The first-order valence-electron chi connectivity index (χ1n) is 11.6. The summed E-state index contributed by atoms with van der Waals surface area (Å²) in [6, 6.07) is 13.6. The Balaban J connectivity index is 1.52. The maximum absolute atomic E-state index is 12.9. The maximum atomic E-state index is 12.9. The summed E-state index contributed by atoms with van der Waals surface area (Å²) in [7, 11) is 0. The number of nitrogens with zero attached hydrogens (tertiary/aromatic N) is 2. The average molecular weight is 478 g/mol. The van der Waals surface area contributed by atoms with Crippen molar-refractivity contribution in [1.82, 2.24) is 4.90 Å². The third-order valence-corrected chi connectivity index (χ3v) is 7.53. The van der Waals surface area contributed by atoms with Crippen LogP contribution in [0.3, 0.4) is 0 Å². The topological polar surface area (TPSA) is 69.7 Å². The molecule has 0 spiro atoms. The van der Waals surface area contributed by atoms with E-state index in [1.54, 1.807) is 12.1 Å². The summed E-state index contributed by atoms with van der Waals surface area (Å²) >= 11 is 0.879. The number of benzene rings is 2. The molecule has 1 atom stereocenters. The molecule has 1 N–H and O–H groups in total. The van der Waals surface area contributed by atoms with Crippen molar-refractivity contribution in [3.05, 3.63) is 64.1 Å². The Morgan fingerprint density at radius 3 is 2.65 bits per heavy atom. The highest BCUT2D eigenvalue weighted by Crippen LogP contribution is 2.44. The number of carbonyl (C=O) groups excluding carboxylic acids is 3. The molecule has 2 heterocycles. The van der Waals surface area contributed by atoms with Crippen molar-refractivity contribution in [2.75, 3.05) is 23.3 Å². The van der Waals surface area contributed by atoms with Crippen molar-refractivity contribution in [3.63, 3.8) is 0 Å². The van der Waals surface area contributed by atoms with Gasteiger partial charge in [-0.2, -0.15) is 0 Å². The quantitative estimate of drug-likeness (QED) is 0.553. The molecule has 4 rings (SSSR count). The molecule has 2 aliphatic rings. The summed E-state index contributed by atoms with van der Waals surface area (Å²) in [5.74, 6) is -0.443. The number of thioether (sulfide) groups is 1. The van der Waals surface area contributed by atoms with Gasteiger partial charge >= 0.3 is 0 Å². The van der Waals surface area contributed by atoms with Crippen LogP contribution in [0.4, 0.5) is 16.2 Å². The van der Waals surface area contributed by atoms with E-state index in [1.165, 1.54) is 11.3 Å². The van der Waals surface area contributed by atoms with E-state index in [9.17, 15) is 14.4 Å². The van der Waals surface area contributed by atoms with Crippen LogP contribution < -0.4 is 10.2 Å². The highest BCUT2D eigenvalue weighted by Gasteiger charge is 2.37. The second kappa shape index (κ2) is 9.29. The molecule has 2 aromatic rings. The van der Waals surface area contributed by atoms with Crippen LogP contribution in [-0.4, -0.2) is 40.6 Å². The number of carbonyl (C=O) groups is 3. The number of anilines is 2. The Kier molecular flexibility index (Phi) is 6.58. The lowest BCUT2D eigenvalue weighted by molar-refractivity contribution is -0.127. The molecule has 2 aliphatic heterocycles. The fraction of sp³-hybridized carbons (Fsp3) is 0.370. The number of hydrogen-bond donors (Lipinski definition) is 1. The van der Waals surface area contributed by atoms with Gasteiger partial charge in [-0.25, -0.2) is 0 Å². The van der Waals surface area contributed by atoms with Gasteiger partial charge in [0.1, 0.15) is 6.54 Å². The predicted octanol–water partition coefficient (Wildman–Crippen LogP) is 5.78. The number of fused-ring (bicyclic) bond motifs is 1. The first-order chi connectivity index (χ1) is 16.1. The smallest absolute Gasteiger partial charge is 0.294 e. The standard InChI is InChI=1S/C27H31N3O3S/c1-6-30-22-12-11-19(13-20(22)18(3)15-27(30,4)5)14-23-25(32)29(26(33)34-23)16-24(31)28-21-10-8-7-9-17(21)2/h7-14,18H,6,15-16H2,1-5H3,(H,28,31)/b23-14-. The Bertz CT molecular complexity index is 1190. The minimum atomic E-state index is -0.433. The Morgan fingerprint density at radius 2 is 1.94 bits per heavy atom. The molecule has 0 radical (unpaired) electrons. The van der Waals surface area contributed by atoms with Gasteiger partial charge in [-0.05, 0) is 92.8 Å². The predicted molar refractivity (Wildman–Crippen MR) is 139 cm³/mol. The van der Waals surface area contributed by atoms with E-state index in [0.717, 1.165) is 40.8 Å². The summed E-state index contributed by atoms with van der Waals surface area (Å²) in [5.41, 5.74) is 5.04. The molecule has 1 unspecified atom stereocenters. The Labute approximate surface area is 205 Å². The van der Waals surface area contributed by atoms with Gasteiger partial charge < -0.3 is 10.2 Å². The number of rotatable bonds is 5. The monoisotopic (exact) mass is 477 g/mol. The lowest BCUT2D eigenvalue weighted by Gasteiger charge is -2.47. The summed E-state index contributed by atoms with van der Waals surface area (Å²) in [5, 5.41) is 2.35. The highest BCUT2D eigenvalue weighted by atomic mass is 32.2. The summed E-state index contributed by atoms with van der Waals surface area (Å²) in [6.07, 6.45) is 2.80. The number of aryl methyl sites for hydroxylation is 1. The van der Waals surface area contributed by atoms with E-state index < -0.39 is 17.1 Å². The van der Waals surface area contributed by atoms with Gasteiger partial charge in [-0.3, -0.25) is 19.3 Å². The SMILES string of the molecule is CCN1c2ccc(/C=C3\SC(=O)N(CC(=O)Nc4ccccc4C)C3=O)cc2C(C)CC1(C)C. The molecule has 2 aromatic carbocycles. The second-order valence-corrected chi connectivity index (χ2v) is 10.6. The zero-order chi connectivity index (χ0) is 24.6. The van der Waals surface area contributed by atoms with Gasteiger partial charge in [0.25, 0.3) is 11.1 Å². The molecular weight excluding hydrogens is 446 g/mol. The molecule has 1 fully saturated rings. The number of nitrogens with one attached hydrogen (secondary N) is 1. The molecule has 0 bridgehead atoms. The average Bonchev–Trinajstić information content (AvgIpc) is 3.02. The lowest BCUT2D eigenvalue weighted by atomic mass is 9.79. The van der Waals surface area contributed by atoms with Gasteiger partial charge in [0.15, 0.2) is 0 Å². The van der Waals surface area contributed by atoms with E-state index in [-0.39, 0.29) is 12.1 Å². The van der Waals surface area contributed by atoms with Crippen LogP contribution >= 0.6 is 11.8 Å². The van der Waals surface area contributed by atoms with E-state index >= 15 is 0 Å². The molecule has 34 heavy (non-hydrogen) atoms. The van der Waals surface area contributed by atoms with Crippen LogP contribution in [0.5, 0.6) is 0 Å². The van der Waals surface area contributed by atoms with E-state index in [0.29, 0.717) is 16.5 Å². The van der Waals surface area contributed by atoms with Crippen LogP contribution in [0.25, 0.3) is 6.08 Å². The molecule has 7 heteroatoms. The fourth-order valence-electron chi connectivity index (χ4n) is 5.03. The van der Waals surface area contributed by atoms with E-state index in [1.807, 2.05) is 31.2 Å². The number of imide groups is 1. The normalized spacial score (nSPS) is 20.6. The molecule has 0 aliphatic carbocycles. The molecule has 0 aromatic heterocycles. The van der Waals surface area contributed by atoms with Crippen LogP contribution in [0.15, 0.2) is 47.4 Å². The van der Waals surface area contributed by atoms with Crippen LogP contribution in [0.2, 0.25) is 0 Å². The highest BCUT2D eigenvalue weighted by molar-refractivity contribution is 8.18. The zero-order valence-corrected chi connectivity index (χ0v) is 21.2. The van der Waals surface area contributed by atoms with Crippen molar-refractivity contribution in [2.45, 2.75) is 52.5 Å². The number of hydrogen-bond acceptors (Lipinski definition) is 5. The van der Waals surface area contributed by atoms with Crippen molar-refractivity contribution >= 4 is 46.3 Å². The van der Waals surface area contributed by atoms with E-state index in [2.05, 4.69) is 50.0 Å². The molecule has 1 saturated heterocycles. The molecule has 3 amide bonds. The van der Waals surface area contributed by atoms with Crippen molar-refractivity contribution < 1.29 is 14.4 Å². The molecule has 0 saturated carbocycles. The molecule has 178 valence electrons. The first-order valence-corrected chi connectivity index (χ1v) is 12.4. The zero-order valence-electron chi connectivity index (χ0n) is 20.3. The summed E-state index contributed by atoms with van der Waals surface area (Å²) < 4.78 is 0. The first kappa shape index (κ1) is 24.1. The number of para-hydroxylation sites is 1. The van der Waals surface area contributed by atoms with Crippen molar-refractivity contribution in [3.8, 4) is 0 Å². The minimum Gasteiger partial charge on any atom is -0.366 e. The van der Waals surface area contributed by atoms with Gasteiger partial charge in [0.2, 0.25) is 5.91 Å². The van der Waals surface area contributed by atoms with E-state index in [4.69, 9.17) is 0 Å². The maximum Gasteiger partial charge on any atom is 0.294 e. The van der Waals surface area contributed by atoms with Gasteiger partial charge in [0.05, 0.1) is 4.91 Å². The minimum absolute atomic E-state index is 0.0875. The molecular formula is C27H31N3O3S. The summed E-state index contributed by atoms with van der Waals surface area (Å²) in [6.45, 7) is 11.5. The fourth-order valence-corrected chi connectivity index (χ4v) is 5.87.